The summed E-state index contributed by atoms with van der Waals surface area (Å²) in [6.45, 7) is 16.9. The molecule has 0 aromatic rings. The van der Waals surface area contributed by atoms with E-state index in [0.29, 0.717) is 0 Å². The van der Waals surface area contributed by atoms with Crippen molar-refractivity contribution in [1.82, 2.24) is 0 Å². The summed E-state index contributed by atoms with van der Waals surface area (Å²) in [4.78, 5) is 0. The second-order valence-corrected chi connectivity index (χ2v) is 9.65. The molecule has 0 aliphatic rings. The number of hydrogen-bond donors (Lipinski definition) is 0. The molecule has 0 heteroatoms. The van der Waals surface area contributed by atoms with Crippen molar-refractivity contribution >= 4 is 0 Å². The van der Waals surface area contributed by atoms with Gasteiger partial charge in [-0.25, -0.2) is 0 Å². The highest BCUT2D eigenvalue weighted by atomic mass is 14.2. The van der Waals surface area contributed by atoms with Crippen LogP contribution in [0.4, 0.5) is 0 Å². The third-order valence-corrected chi connectivity index (χ3v) is 6.20. The number of unbranched alkanes of at least 4 members (excludes halogenated alkanes) is 5. The maximum Gasteiger partial charge on any atom is -0.0412 e. The summed E-state index contributed by atoms with van der Waals surface area (Å²) in [6.07, 6.45) is 18.7. The third kappa shape index (κ3) is 14.8. The minimum Gasteiger partial charge on any atom is -0.0654 e. The highest BCUT2D eigenvalue weighted by molar-refractivity contribution is 4.70. The molecule has 0 N–H and O–H groups in total. The first kappa shape index (κ1) is 25.0. The minimum atomic E-state index is 0.853. The Kier molecular flexibility index (Phi) is 16.2. The summed E-state index contributed by atoms with van der Waals surface area (Å²) in [5.41, 5.74) is 0. The molecule has 0 nitrogen and oxygen atoms in total. The van der Waals surface area contributed by atoms with E-state index < -0.39 is 0 Å². The van der Waals surface area contributed by atoms with Crippen molar-refractivity contribution in [1.29, 1.82) is 0 Å². The molecule has 0 rings (SSSR count). The smallest absolute Gasteiger partial charge is 0.0412 e. The van der Waals surface area contributed by atoms with Crippen LogP contribution < -0.4 is 0 Å². The maximum atomic E-state index is 2.51. The normalized spacial score (nSPS) is 16.8. The molecule has 0 aromatic heterocycles. The maximum absolute atomic E-state index is 2.51. The summed E-state index contributed by atoms with van der Waals surface area (Å²) >= 11 is 0. The monoisotopic (exact) mass is 352 g/mol. The van der Waals surface area contributed by atoms with Gasteiger partial charge in [0.2, 0.25) is 0 Å². The Morgan fingerprint density at radius 1 is 0.520 bits per heavy atom. The predicted octanol–water partition coefficient (Wildman–Crippen LogP) is 9.28. The van der Waals surface area contributed by atoms with Crippen LogP contribution in [-0.2, 0) is 0 Å². The average Bonchev–Trinajstić information content (AvgIpc) is 2.54. The molecule has 0 aliphatic carbocycles. The largest absolute Gasteiger partial charge is 0.0654 e. The fraction of sp³-hybridized carbons (Fsp3) is 1.00. The number of rotatable bonds is 17. The van der Waals surface area contributed by atoms with Crippen molar-refractivity contribution in [3.8, 4) is 0 Å². The molecule has 0 fully saturated rings. The van der Waals surface area contributed by atoms with Gasteiger partial charge in [0.15, 0.2) is 0 Å². The van der Waals surface area contributed by atoms with Gasteiger partial charge in [-0.15, -0.1) is 0 Å². The van der Waals surface area contributed by atoms with E-state index >= 15 is 0 Å². The topological polar surface area (TPSA) is 0 Å². The van der Waals surface area contributed by atoms with Crippen molar-refractivity contribution in [2.45, 2.75) is 132 Å². The molecule has 0 radical (unpaired) electrons. The Labute approximate surface area is 161 Å². The lowest BCUT2D eigenvalue weighted by Gasteiger charge is -2.26. The van der Waals surface area contributed by atoms with Crippen LogP contribution in [0.5, 0.6) is 0 Å². The zero-order chi connectivity index (χ0) is 19.1. The molecule has 0 spiro atoms. The molecule has 0 amide bonds. The van der Waals surface area contributed by atoms with Gasteiger partial charge >= 0.3 is 0 Å². The summed E-state index contributed by atoms with van der Waals surface area (Å²) in [6, 6.07) is 0. The summed E-state index contributed by atoms with van der Waals surface area (Å²) in [7, 11) is 0. The van der Waals surface area contributed by atoms with Crippen LogP contribution in [0, 0.1) is 29.6 Å². The quantitative estimate of drug-likeness (QED) is 0.229. The zero-order valence-electron chi connectivity index (χ0n) is 19.1. The highest BCUT2D eigenvalue weighted by Crippen LogP contribution is 2.31. The first-order valence-electron chi connectivity index (χ1n) is 11.9. The zero-order valence-corrected chi connectivity index (χ0v) is 19.1. The second-order valence-electron chi connectivity index (χ2n) is 9.65. The van der Waals surface area contributed by atoms with Crippen LogP contribution in [0.1, 0.15) is 132 Å². The van der Waals surface area contributed by atoms with Crippen LogP contribution in [-0.4, -0.2) is 0 Å². The van der Waals surface area contributed by atoms with Gasteiger partial charge in [-0.3, -0.25) is 0 Å². The van der Waals surface area contributed by atoms with Crippen molar-refractivity contribution < 1.29 is 0 Å². The predicted molar refractivity (Wildman–Crippen MR) is 117 cm³/mol. The molecule has 0 bridgehead atoms. The van der Waals surface area contributed by atoms with Gasteiger partial charge in [-0.05, 0) is 55.3 Å². The lowest BCUT2D eigenvalue weighted by molar-refractivity contribution is 0.257. The highest BCUT2D eigenvalue weighted by Gasteiger charge is 2.18. The Balaban J connectivity index is 4.07. The van der Waals surface area contributed by atoms with Gasteiger partial charge in [-0.1, -0.05) is 106 Å². The molecule has 4 unspecified atom stereocenters. The Bertz CT molecular complexity index is 267. The van der Waals surface area contributed by atoms with E-state index in [2.05, 4.69) is 48.5 Å². The molecule has 0 saturated heterocycles. The van der Waals surface area contributed by atoms with E-state index in [9.17, 15) is 0 Å². The Morgan fingerprint density at radius 2 is 1.08 bits per heavy atom. The van der Waals surface area contributed by atoms with E-state index in [1.807, 2.05) is 0 Å². The first-order chi connectivity index (χ1) is 11.9. The molecule has 0 saturated carbocycles. The van der Waals surface area contributed by atoms with Crippen LogP contribution in [0.3, 0.4) is 0 Å². The van der Waals surface area contributed by atoms with E-state index in [-0.39, 0.29) is 0 Å². The van der Waals surface area contributed by atoms with Crippen LogP contribution in [0.25, 0.3) is 0 Å². The SMILES string of the molecule is CCCCCCCCC(CC)CC(CC)CC(C)CC(C)CC(C)C. The van der Waals surface area contributed by atoms with Gasteiger partial charge in [0.25, 0.3) is 0 Å². The Hall–Kier alpha value is 0. The molecule has 4 atom stereocenters. The van der Waals surface area contributed by atoms with Gasteiger partial charge < -0.3 is 0 Å². The lowest BCUT2D eigenvalue weighted by Crippen LogP contribution is -2.14. The van der Waals surface area contributed by atoms with Crippen molar-refractivity contribution in [3.05, 3.63) is 0 Å². The van der Waals surface area contributed by atoms with E-state index in [1.54, 1.807) is 0 Å². The molecule has 0 aliphatic heterocycles. The second kappa shape index (κ2) is 16.2. The summed E-state index contributed by atoms with van der Waals surface area (Å²) < 4.78 is 0. The van der Waals surface area contributed by atoms with Crippen LogP contribution in [0.15, 0.2) is 0 Å². The van der Waals surface area contributed by atoms with Gasteiger partial charge in [0, 0.05) is 0 Å². The van der Waals surface area contributed by atoms with Gasteiger partial charge in [0.05, 0.1) is 0 Å². The molecular weight excluding hydrogens is 300 g/mol. The summed E-state index contributed by atoms with van der Waals surface area (Å²) in [5, 5.41) is 0. The van der Waals surface area contributed by atoms with Crippen molar-refractivity contribution in [2.24, 2.45) is 29.6 Å². The van der Waals surface area contributed by atoms with Gasteiger partial charge in [-0.2, -0.15) is 0 Å². The Morgan fingerprint density at radius 3 is 1.64 bits per heavy atom. The molecule has 25 heavy (non-hydrogen) atoms. The molecule has 0 aromatic carbocycles. The minimum absolute atomic E-state index is 0.853. The fourth-order valence-electron chi connectivity index (χ4n) is 4.86. The number of hydrogen-bond acceptors (Lipinski definition) is 0. The van der Waals surface area contributed by atoms with Crippen molar-refractivity contribution in [3.63, 3.8) is 0 Å². The average molecular weight is 353 g/mol. The summed E-state index contributed by atoms with van der Waals surface area (Å²) in [5.74, 6) is 4.61. The standard InChI is InChI=1S/C25H52/c1-8-11-12-13-14-15-16-24(9-2)20-25(10-3)19-23(7)18-22(6)17-21(4)5/h21-25H,8-20H2,1-7H3. The van der Waals surface area contributed by atoms with E-state index in [4.69, 9.17) is 0 Å². The molecular formula is C25H52. The van der Waals surface area contributed by atoms with Gasteiger partial charge in [0.1, 0.15) is 0 Å². The molecule has 0 heterocycles. The first-order valence-corrected chi connectivity index (χ1v) is 11.9. The van der Waals surface area contributed by atoms with Crippen LogP contribution >= 0.6 is 0 Å². The lowest BCUT2D eigenvalue weighted by atomic mass is 9.80. The van der Waals surface area contributed by atoms with E-state index in [0.717, 1.165) is 29.6 Å². The van der Waals surface area contributed by atoms with E-state index in [1.165, 1.54) is 83.5 Å². The van der Waals surface area contributed by atoms with Crippen LogP contribution in [0.2, 0.25) is 0 Å². The molecule has 152 valence electrons. The van der Waals surface area contributed by atoms with Crippen molar-refractivity contribution in [2.75, 3.05) is 0 Å². The third-order valence-electron chi connectivity index (χ3n) is 6.20. The fourth-order valence-corrected chi connectivity index (χ4v) is 4.86.